The summed E-state index contributed by atoms with van der Waals surface area (Å²) >= 11 is 0. The number of nitrogens with zero attached hydrogens (tertiary/aromatic N) is 1. The minimum atomic E-state index is -0.637. The zero-order valence-corrected chi connectivity index (χ0v) is 14.2. The van der Waals surface area contributed by atoms with Gasteiger partial charge in [0.25, 0.3) is 0 Å². The molecule has 0 aromatic heterocycles. The van der Waals surface area contributed by atoms with Gasteiger partial charge in [0.1, 0.15) is 0 Å². The van der Waals surface area contributed by atoms with E-state index in [1.807, 2.05) is 54.6 Å². The van der Waals surface area contributed by atoms with Crippen LogP contribution < -0.4 is 15.5 Å². The summed E-state index contributed by atoms with van der Waals surface area (Å²) in [5.41, 5.74) is 2.91. The molecular formula is C20H23N3O2. The first-order valence-corrected chi connectivity index (χ1v) is 8.70. The van der Waals surface area contributed by atoms with E-state index in [9.17, 15) is 9.59 Å². The van der Waals surface area contributed by atoms with Gasteiger partial charge < -0.3 is 15.5 Å². The maximum atomic E-state index is 12.0. The molecule has 0 aliphatic carbocycles. The summed E-state index contributed by atoms with van der Waals surface area (Å²) in [5, 5.41) is 5.29. The molecule has 2 aromatic carbocycles. The van der Waals surface area contributed by atoms with Crippen molar-refractivity contribution in [1.82, 2.24) is 5.32 Å². The molecule has 25 heavy (non-hydrogen) atoms. The SMILES string of the molecule is O=C(NCCc1ccccc1)C(=O)Nc1ccc(N2CCCC2)cc1. The van der Waals surface area contributed by atoms with E-state index in [0.29, 0.717) is 18.7 Å². The lowest BCUT2D eigenvalue weighted by Crippen LogP contribution is -2.36. The molecule has 1 saturated heterocycles. The average molecular weight is 337 g/mol. The number of anilines is 2. The van der Waals surface area contributed by atoms with Crippen molar-refractivity contribution in [3.63, 3.8) is 0 Å². The zero-order chi connectivity index (χ0) is 17.5. The number of hydrogen-bond acceptors (Lipinski definition) is 3. The summed E-state index contributed by atoms with van der Waals surface area (Å²) in [5.74, 6) is -1.25. The van der Waals surface area contributed by atoms with E-state index in [4.69, 9.17) is 0 Å². The van der Waals surface area contributed by atoms with Gasteiger partial charge in [0.15, 0.2) is 0 Å². The molecule has 0 saturated carbocycles. The Balaban J connectivity index is 1.45. The monoisotopic (exact) mass is 337 g/mol. The molecule has 0 atom stereocenters. The van der Waals surface area contributed by atoms with Crippen LogP contribution in [0.25, 0.3) is 0 Å². The highest BCUT2D eigenvalue weighted by atomic mass is 16.2. The lowest BCUT2D eigenvalue weighted by atomic mass is 10.1. The van der Waals surface area contributed by atoms with Crippen molar-refractivity contribution in [3.8, 4) is 0 Å². The highest BCUT2D eigenvalue weighted by Crippen LogP contribution is 2.21. The smallest absolute Gasteiger partial charge is 0.313 e. The Hall–Kier alpha value is -2.82. The quantitative estimate of drug-likeness (QED) is 0.825. The second-order valence-corrected chi connectivity index (χ2v) is 6.19. The van der Waals surface area contributed by atoms with Crippen molar-refractivity contribution >= 4 is 23.2 Å². The summed E-state index contributed by atoms with van der Waals surface area (Å²) in [4.78, 5) is 26.2. The molecule has 0 radical (unpaired) electrons. The summed E-state index contributed by atoms with van der Waals surface area (Å²) < 4.78 is 0. The van der Waals surface area contributed by atoms with Gasteiger partial charge in [-0.2, -0.15) is 0 Å². The molecule has 1 fully saturated rings. The van der Waals surface area contributed by atoms with Crippen LogP contribution in [0.5, 0.6) is 0 Å². The number of benzene rings is 2. The average Bonchev–Trinajstić information content (AvgIpc) is 3.18. The molecule has 0 spiro atoms. The molecule has 5 heteroatoms. The van der Waals surface area contributed by atoms with Crippen molar-refractivity contribution in [2.24, 2.45) is 0 Å². The number of carbonyl (C=O) groups is 2. The second-order valence-electron chi connectivity index (χ2n) is 6.19. The van der Waals surface area contributed by atoms with Crippen molar-refractivity contribution < 1.29 is 9.59 Å². The van der Waals surface area contributed by atoms with E-state index in [1.165, 1.54) is 12.8 Å². The minimum Gasteiger partial charge on any atom is -0.372 e. The van der Waals surface area contributed by atoms with Crippen LogP contribution in [0.4, 0.5) is 11.4 Å². The van der Waals surface area contributed by atoms with Crippen LogP contribution in [-0.2, 0) is 16.0 Å². The van der Waals surface area contributed by atoms with Crippen molar-refractivity contribution in [2.45, 2.75) is 19.3 Å². The van der Waals surface area contributed by atoms with E-state index in [0.717, 1.165) is 24.3 Å². The summed E-state index contributed by atoms with van der Waals surface area (Å²) in [6.07, 6.45) is 3.15. The van der Waals surface area contributed by atoms with Crippen LogP contribution in [0, 0.1) is 0 Å². The minimum absolute atomic E-state index is 0.435. The van der Waals surface area contributed by atoms with Gasteiger partial charge in [-0.25, -0.2) is 0 Å². The normalized spacial score (nSPS) is 13.5. The first-order valence-electron chi connectivity index (χ1n) is 8.70. The third-order valence-electron chi connectivity index (χ3n) is 4.34. The van der Waals surface area contributed by atoms with E-state index in [-0.39, 0.29) is 0 Å². The van der Waals surface area contributed by atoms with Gasteiger partial charge in [-0.3, -0.25) is 9.59 Å². The molecule has 2 N–H and O–H groups in total. The largest absolute Gasteiger partial charge is 0.372 e. The molecular weight excluding hydrogens is 314 g/mol. The second kappa shape index (κ2) is 8.33. The Morgan fingerprint density at radius 3 is 2.24 bits per heavy atom. The molecule has 1 aliphatic heterocycles. The number of hydrogen-bond donors (Lipinski definition) is 2. The van der Waals surface area contributed by atoms with Crippen LogP contribution in [0.3, 0.4) is 0 Å². The summed E-state index contributed by atoms with van der Waals surface area (Å²) in [6.45, 7) is 2.59. The molecule has 1 heterocycles. The first kappa shape index (κ1) is 17.0. The highest BCUT2D eigenvalue weighted by Gasteiger charge is 2.14. The molecule has 3 rings (SSSR count). The van der Waals surface area contributed by atoms with Gasteiger partial charge in [0.05, 0.1) is 0 Å². The Labute approximate surface area is 148 Å². The number of rotatable bonds is 5. The predicted octanol–water partition coefficient (Wildman–Crippen LogP) is 2.58. The summed E-state index contributed by atoms with van der Waals surface area (Å²) in [7, 11) is 0. The molecule has 0 unspecified atom stereocenters. The van der Waals surface area contributed by atoms with Crippen LogP contribution >= 0.6 is 0 Å². The van der Waals surface area contributed by atoms with E-state index in [1.54, 1.807) is 0 Å². The molecule has 2 aromatic rings. The van der Waals surface area contributed by atoms with E-state index in [2.05, 4.69) is 15.5 Å². The Morgan fingerprint density at radius 1 is 0.880 bits per heavy atom. The third-order valence-corrected chi connectivity index (χ3v) is 4.34. The Bertz CT molecular complexity index is 707. The molecule has 1 aliphatic rings. The first-order chi connectivity index (χ1) is 12.2. The Kier molecular flexibility index (Phi) is 5.67. The highest BCUT2D eigenvalue weighted by molar-refractivity contribution is 6.39. The topological polar surface area (TPSA) is 61.4 Å². The molecule has 130 valence electrons. The summed E-state index contributed by atoms with van der Waals surface area (Å²) in [6, 6.07) is 17.5. The van der Waals surface area contributed by atoms with Gasteiger partial charge in [-0.1, -0.05) is 30.3 Å². The van der Waals surface area contributed by atoms with Crippen LogP contribution in [0.15, 0.2) is 54.6 Å². The van der Waals surface area contributed by atoms with Gasteiger partial charge in [0, 0.05) is 31.0 Å². The fourth-order valence-electron chi connectivity index (χ4n) is 2.96. The van der Waals surface area contributed by atoms with Crippen molar-refractivity contribution in [1.29, 1.82) is 0 Å². The standard InChI is InChI=1S/C20H23N3O2/c24-19(21-13-12-16-6-2-1-3-7-16)20(25)22-17-8-10-18(11-9-17)23-14-4-5-15-23/h1-3,6-11H,4-5,12-15H2,(H,21,24)(H,22,25). The lowest BCUT2D eigenvalue weighted by Gasteiger charge is -2.17. The van der Waals surface area contributed by atoms with Crippen LogP contribution in [0.2, 0.25) is 0 Å². The van der Waals surface area contributed by atoms with E-state index < -0.39 is 11.8 Å². The fraction of sp³-hybridized carbons (Fsp3) is 0.300. The van der Waals surface area contributed by atoms with Gasteiger partial charge in [-0.15, -0.1) is 0 Å². The maximum absolute atomic E-state index is 12.0. The fourth-order valence-corrected chi connectivity index (χ4v) is 2.96. The number of carbonyl (C=O) groups excluding carboxylic acids is 2. The van der Waals surface area contributed by atoms with Gasteiger partial charge in [0.2, 0.25) is 0 Å². The number of amides is 2. The number of nitrogens with one attached hydrogen (secondary N) is 2. The van der Waals surface area contributed by atoms with E-state index >= 15 is 0 Å². The lowest BCUT2D eigenvalue weighted by molar-refractivity contribution is -0.136. The maximum Gasteiger partial charge on any atom is 0.313 e. The molecule has 2 amide bonds. The predicted molar refractivity (Wildman–Crippen MR) is 99.7 cm³/mol. The zero-order valence-electron chi connectivity index (χ0n) is 14.2. The molecule has 5 nitrogen and oxygen atoms in total. The van der Waals surface area contributed by atoms with Gasteiger partial charge >= 0.3 is 11.8 Å². The van der Waals surface area contributed by atoms with Crippen LogP contribution in [-0.4, -0.2) is 31.4 Å². The molecule has 0 bridgehead atoms. The van der Waals surface area contributed by atoms with Crippen LogP contribution in [0.1, 0.15) is 18.4 Å². The third kappa shape index (κ3) is 4.83. The van der Waals surface area contributed by atoms with Crippen molar-refractivity contribution in [2.75, 3.05) is 29.9 Å². The van der Waals surface area contributed by atoms with Gasteiger partial charge in [-0.05, 0) is 49.1 Å². The van der Waals surface area contributed by atoms with Crippen molar-refractivity contribution in [3.05, 3.63) is 60.2 Å². The Morgan fingerprint density at radius 2 is 1.56 bits per heavy atom.